The Balaban J connectivity index is 2.26. The quantitative estimate of drug-likeness (QED) is 0.826. The normalized spacial score (nSPS) is 11.3. The highest BCUT2D eigenvalue weighted by atomic mass is 19.4. The van der Waals surface area contributed by atoms with Crippen LogP contribution in [-0.2, 0) is 6.18 Å². The van der Waals surface area contributed by atoms with E-state index in [1.54, 1.807) is 0 Å². The first-order chi connectivity index (χ1) is 9.77. The van der Waals surface area contributed by atoms with Gasteiger partial charge in [0.2, 0.25) is 0 Å². The standard InChI is InChI=1S/C14H8F5NO/c15-9-3-1-2-8(6-9)13(21)20-10-4-5-12(16)11(7-10)14(17,18)19/h1-7H,(H,20,21). The first-order valence-electron chi connectivity index (χ1n) is 5.71. The Morgan fingerprint density at radius 3 is 2.33 bits per heavy atom. The van der Waals surface area contributed by atoms with Gasteiger partial charge in [-0.2, -0.15) is 13.2 Å². The fourth-order valence-electron chi connectivity index (χ4n) is 1.65. The third kappa shape index (κ3) is 3.56. The number of benzene rings is 2. The van der Waals surface area contributed by atoms with E-state index in [4.69, 9.17) is 0 Å². The van der Waals surface area contributed by atoms with Crippen molar-refractivity contribution in [2.24, 2.45) is 0 Å². The molecular weight excluding hydrogens is 293 g/mol. The summed E-state index contributed by atoms with van der Waals surface area (Å²) in [5.41, 5.74) is -1.79. The van der Waals surface area contributed by atoms with Gasteiger partial charge >= 0.3 is 6.18 Å². The number of halogens is 5. The minimum Gasteiger partial charge on any atom is -0.322 e. The third-order valence-electron chi connectivity index (χ3n) is 2.62. The van der Waals surface area contributed by atoms with E-state index in [1.165, 1.54) is 12.1 Å². The molecule has 0 unspecified atom stereocenters. The first kappa shape index (κ1) is 15.0. The Morgan fingerprint density at radius 2 is 1.71 bits per heavy atom. The second-order valence-corrected chi connectivity index (χ2v) is 4.16. The van der Waals surface area contributed by atoms with Crippen LogP contribution in [0.1, 0.15) is 15.9 Å². The van der Waals surface area contributed by atoms with Crippen LogP contribution < -0.4 is 5.32 Å². The van der Waals surface area contributed by atoms with Crippen LogP contribution in [0.4, 0.5) is 27.6 Å². The molecule has 2 aromatic carbocycles. The molecule has 0 fully saturated rings. The van der Waals surface area contributed by atoms with Gasteiger partial charge in [0.25, 0.3) is 5.91 Å². The van der Waals surface area contributed by atoms with Gasteiger partial charge in [-0.3, -0.25) is 4.79 Å². The molecule has 2 aromatic rings. The predicted octanol–water partition coefficient (Wildman–Crippen LogP) is 4.24. The summed E-state index contributed by atoms with van der Waals surface area (Å²) < 4.78 is 63.7. The van der Waals surface area contributed by atoms with E-state index in [9.17, 15) is 26.7 Å². The Kier molecular flexibility index (Phi) is 3.93. The molecule has 0 heterocycles. The maximum Gasteiger partial charge on any atom is 0.419 e. The number of alkyl halides is 3. The second-order valence-electron chi connectivity index (χ2n) is 4.16. The van der Waals surface area contributed by atoms with Crippen molar-refractivity contribution in [1.82, 2.24) is 0 Å². The summed E-state index contributed by atoms with van der Waals surface area (Å²) in [5, 5.41) is 2.15. The van der Waals surface area contributed by atoms with E-state index >= 15 is 0 Å². The van der Waals surface area contributed by atoms with Crippen molar-refractivity contribution in [2.75, 3.05) is 5.32 Å². The van der Waals surface area contributed by atoms with E-state index in [1.807, 2.05) is 0 Å². The van der Waals surface area contributed by atoms with E-state index < -0.39 is 29.3 Å². The van der Waals surface area contributed by atoms with Crippen LogP contribution in [0, 0.1) is 11.6 Å². The molecule has 0 aliphatic rings. The van der Waals surface area contributed by atoms with Crippen LogP contribution in [0.15, 0.2) is 42.5 Å². The minimum absolute atomic E-state index is 0.0621. The number of carbonyl (C=O) groups is 1. The van der Waals surface area contributed by atoms with Crippen LogP contribution in [-0.4, -0.2) is 5.91 Å². The van der Waals surface area contributed by atoms with Crippen LogP contribution in [0.3, 0.4) is 0 Å². The van der Waals surface area contributed by atoms with E-state index in [-0.39, 0.29) is 11.3 Å². The van der Waals surface area contributed by atoms with Crippen molar-refractivity contribution >= 4 is 11.6 Å². The summed E-state index contributed by atoms with van der Waals surface area (Å²) in [4.78, 5) is 11.8. The second kappa shape index (κ2) is 5.51. The summed E-state index contributed by atoms with van der Waals surface area (Å²) in [6.07, 6.45) is -4.87. The van der Waals surface area contributed by atoms with Gasteiger partial charge in [-0.1, -0.05) is 6.07 Å². The molecule has 0 aliphatic heterocycles. The van der Waals surface area contributed by atoms with Crippen LogP contribution in [0.2, 0.25) is 0 Å². The lowest BCUT2D eigenvalue weighted by Gasteiger charge is -2.11. The van der Waals surface area contributed by atoms with Gasteiger partial charge in [0, 0.05) is 11.3 Å². The highest BCUT2D eigenvalue weighted by Gasteiger charge is 2.34. The maximum atomic E-state index is 13.1. The molecule has 1 amide bonds. The minimum atomic E-state index is -4.87. The van der Waals surface area contributed by atoms with E-state index in [2.05, 4.69) is 5.32 Å². The highest BCUT2D eigenvalue weighted by molar-refractivity contribution is 6.04. The zero-order valence-electron chi connectivity index (χ0n) is 10.3. The summed E-state index contributed by atoms with van der Waals surface area (Å²) in [6, 6.07) is 6.71. The molecule has 0 aliphatic carbocycles. The van der Waals surface area contributed by atoms with Gasteiger partial charge in [-0.25, -0.2) is 8.78 Å². The average molecular weight is 301 g/mol. The molecule has 0 saturated carbocycles. The van der Waals surface area contributed by atoms with E-state index in [0.717, 1.165) is 18.2 Å². The zero-order chi connectivity index (χ0) is 15.6. The smallest absolute Gasteiger partial charge is 0.322 e. The van der Waals surface area contributed by atoms with Gasteiger partial charge in [-0.15, -0.1) is 0 Å². The summed E-state index contributed by atoms with van der Waals surface area (Å²) in [6.45, 7) is 0. The molecule has 7 heteroatoms. The fraction of sp³-hybridized carbons (Fsp3) is 0.0714. The lowest BCUT2D eigenvalue weighted by atomic mass is 10.1. The molecule has 21 heavy (non-hydrogen) atoms. The number of hydrogen-bond acceptors (Lipinski definition) is 1. The molecule has 0 radical (unpaired) electrons. The fourth-order valence-corrected chi connectivity index (χ4v) is 1.65. The predicted molar refractivity (Wildman–Crippen MR) is 65.8 cm³/mol. The lowest BCUT2D eigenvalue weighted by molar-refractivity contribution is -0.139. The van der Waals surface area contributed by atoms with Gasteiger partial charge in [0.1, 0.15) is 11.6 Å². The molecule has 0 saturated heterocycles. The van der Waals surface area contributed by atoms with Crippen molar-refractivity contribution in [3.63, 3.8) is 0 Å². The van der Waals surface area contributed by atoms with Gasteiger partial charge in [-0.05, 0) is 36.4 Å². The van der Waals surface area contributed by atoms with Crippen LogP contribution >= 0.6 is 0 Å². The number of amides is 1. The Bertz CT molecular complexity index is 681. The molecule has 0 atom stereocenters. The van der Waals surface area contributed by atoms with E-state index in [0.29, 0.717) is 12.1 Å². The molecule has 0 aromatic heterocycles. The van der Waals surface area contributed by atoms with Crippen molar-refractivity contribution in [3.05, 3.63) is 65.2 Å². The molecule has 0 spiro atoms. The number of hydrogen-bond donors (Lipinski definition) is 1. The van der Waals surface area contributed by atoms with Gasteiger partial charge in [0.15, 0.2) is 0 Å². The molecule has 2 rings (SSSR count). The number of carbonyl (C=O) groups excluding carboxylic acids is 1. The average Bonchev–Trinajstić information content (AvgIpc) is 2.39. The van der Waals surface area contributed by atoms with Crippen molar-refractivity contribution in [2.45, 2.75) is 6.18 Å². The van der Waals surface area contributed by atoms with Crippen LogP contribution in [0.5, 0.6) is 0 Å². The van der Waals surface area contributed by atoms with Crippen molar-refractivity contribution in [1.29, 1.82) is 0 Å². The zero-order valence-corrected chi connectivity index (χ0v) is 10.3. The van der Waals surface area contributed by atoms with Crippen molar-refractivity contribution < 1.29 is 26.7 Å². The van der Waals surface area contributed by atoms with Gasteiger partial charge in [0.05, 0.1) is 5.56 Å². The number of anilines is 1. The summed E-state index contributed by atoms with van der Waals surface area (Å²) >= 11 is 0. The molecule has 110 valence electrons. The lowest BCUT2D eigenvalue weighted by Crippen LogP contribution is -2.14. The van der Waals surface area contributed by atoms with Crippen molar-refractivity contribution in [3.8, 4) is 0 Å². The Labute approximate surface area is 116 Å². The highest BCUT2D eigenvalue weighted by Crippen LogP contribution is 2.33. The summed E-state index contributed by atoms with van der Waals surface area (Å²) in [5.74, 6) is -2.89. The summed E-state index contributed by atoms with van der Waals surface area (Å²) in [7, 11) is 0. The van der Waals surface area contributed by atoms with Gasteiger partial charge < -0.3 is 5.32 Å². The molecule has 0 bridgehead atoms. The molecule has 1 N–H and O–H groups in total. The number of rotatable bonds is 2. The molecule has 2 nitrogen and oxygen atoms in total. The topological polar surface area (TPSA) is 29.1 Å². The molecular formula is C14H8F5NO. The monoisotopic (exact) mass is 301 g/mol. The maximum absolute atomic E-state index is 13.1. The first-order valence-corrected chi connectivity index (χ1v) is 5.71. The Hall–Kier alpha value is -2.44. The largest absolute Gasteiger partial charge is 0.419 e. The Morgan fingerprint density at radius 1 is 1.00 bits per heavy atom. The SMILES string of the molecule is O=C(Nc1ccc(F)c(C(F)(F)F)c1)c1cccc(F)c1. The third-order valence-corrected chi connectivity index (χ3v) is 2.62. The van der Waals surface area contributed by atoms with Crippen LogP contribution in [0.25, 0.3) is 0 Å². The number of nitrogens with one attached hydrogen (secondary N) is 1.